The van der Waals surface area contributed by atoms with Crippen molar-refractivity contribution in [3.63, 3.8) is 0 Å². The van der Waals surface area contributed by atoms with Gasteiger partial charge in [0.1, 0.15) is 18.2 Å². The fraction of sp³-hybridized carbons (Fsp3) is 0.286. The number of ether oxygens (including phenoxy) is 1. The van der Waals surface area contributed by atoms with E-state index in [4.69, 9.17) is 9.72 Å². The lowest BCUT2D eigenvalue weighted by atomic mass is 10.1. The molecule has 3 aromatic carbocycles. The standard InChI is InChI=1S/C28H29N3O2/c1-3-21-10-14-24(15-11-21)33-17-16-30-26-7-5-4-6-25(26)29-28(30)22-18-27(32)31(19-22)23-12-8-20(2)9-13-23/h4-15,22H,3,16-19H2,1-2H3/t22-/m1/s1. The van der Waals surface area contributed by atoms with E-state index in [1.807, 2.05) is 47.4 Å². The molecule has 1 aliphatic rings. The van der Waals surface area contributed by atoms with Crippen LogP contribution in [0.15, 0.2) is 72.8 Å². The van der Waals surface area contributed by atoms with Gasteiger partial charge >= 0.3 is 0 Å². The van der Waals surface area contributed by atoms with Crippen LogP contribution in [0.25, 0.3) is 11.0 Å². The zero-order chi connectivity index (χ0) is 22.8. The van der Waals surface area contributed by atoms with Gasteiger partial charge in [0.2, 0.25) is 5.91 Å². The van der Waals surface area contributed by atoms with Crippen LogP contribution in [0, 0.1) is 6.92 Å². The van der Waals surface area contributed by atoms with Gasteiger partial charge in [0, 0.05) is 24.6 Å². The molecule has 1 aliphatic heterocycles. The van der Waals surface area contributed by atoms with Crippen LogP contribution in [0.5, 0.6) is 5.75 Å². The maximum absolute atomic E-state index is 12.9. The Labute approximate surface area is 194 Å². The third-order valence-corrected chi connectivity index (χ3v) is 6.44. The van der Waals surface area contributed by atoms with E-state index in [0.29, 0.717) is 26.1 Å². The van der Waals surface area contributed by atoms with Crippen LogP contribution in [-0.4, -0.2) is 28.6 Å². The highest BCUT2D eigenvalue weighted by atomic mass is 16.5. The van der Waals surface area contributed by atoms with E-state index in [2.05, 4.69) is 48.7 Å². The molecule has 0 unspecified atom stereocenters. The molecule has 0 aliphatic carbocycles. The second-order valence-corrected chi connectivity index (χ2v) is 8.70. The van der Waals surface area contributed by atoms with Crippen LogP contribution in [0.2, 0.25) is 0 Å². The van der Waals surface area contributed by atoms with Crippen molar-refractivity contribution in [3.05, 3.63) is 89.7 Å². The van der Waals surface area contributed by atoms with Crippen LogP contribution in [0.3, 0.4) is 0 Å². The maximum atomic E-state index is 12.9. The summed E-state index contributed by atoms with van der Waals surface area (Å²) in [6.45, 7) is 6.07. The molecule has 5 rings (SSSR count). The topological polar surface area (TPSA) is 47.4 Å². The number of anilines is 1. The summed E-state index contributed by atoms with van der Waals surface area (Å²) in [6.07, 6.45) is 1.49. The van der Waals surface area contributed by atoms with Crippen molar-refractivity contribution < 1.29 is 9.53 Å². The van der Waals surface area contributed by atoms with Crippen molar-refractivity contribution in [1.82, 2.24) is 9.55 Å². The highest BCUT2D eigenvalue weighted by Gasteiger charge is 2.34. The minimum Gasteiger partial charge on any atom is -0.492 e. The second-order valence-electron chi connectivity index (χ2n) is 8.70. The number of aryl methyl sites for hydroxylation is 2. The number of aromatic nitrogens is 2. The summed E-state index contributed by atoms with van der Waals surface area (Å²) in [5.74, 6) is 2.04. The van der Waals surface area contributed by atoms with E-state index >= 15 is 0 Å². The molecule has 2 heterocycles. The Kier molecular flexibility index (Phi) is 5.86. The van der Waals surface area contributed by atoms with Gasteiger partial charge in [-0.05, 0) is 55.3 Å². The van der Waals surface area contributed by atoms with Crippen molar-refractivity contribution >= 4 is 22.6 Å². The lowest BCUT2D eigenvalue weighted by molar-refractivity contribution is -0.117. The number of carbonyl (C=O) groups excluding carboxylic acids is 1. The lowest BCUT2D eigenvalue weighted by Gasteiger charge is -2.18. The third kappa shape index (κ3) is 4.36. The molecular formula is C28H29N3O2. The molecule has 1 amide bonds. The first-order valence-corrected chi connectivity index (χ1v) is 11.7. The predicted molar refractivity (Wildman–Crippen MR) is 132 cm³/mol. The molecule has 0 radical (unpaired) electrons. The van der Waals surface area contributed by atoms with Crippen LogP contribution in [-0.2, 0) is 17.8 Å². The van der Waals surface area contributed by atoms with Crippen LogP contribution >= 0.6 is 0 Å². The SMILES string of the molecule is CCc1ccc(OCCn2c([C@@H]3CC(=O)N(c4ccc(C)cc4)C3)nc3ccccc32)cc1. The first-order chi connectivity index (χ1) is 16.1. The van der Waals surface area contributed by atoms with E-state index in [1.54, 1.807) is 0 Å². The highest BCUT2D eigenvalue weighted by Crippen LogP contribution is 2.33. The molecule has 0 saturated carbocycles. The van der Waals surface area contributed by atoms with Crippen molar-refractivity contribution in [1.29, 1.82) is 0 Å². The molecule has 0 bridgehead atoms. The summed E-state index contributed by atoms with van der Waals surface area (Å²) >= 11 is 0. The summed E-state index contributed by atoms with van der Waals surface area (Å²) in [5, 5.41) is 0. The van der Waals surface area contributed by atoms with Crippen LogP contribution < -0.4 is 9.64 Å². The van der Waals surface area contributed by atoms with E-state index in [9.17, 15) is 4.79 Å². The number of nitrogens with zero attached hydrogens (tertiary/aromatic N) is 3. The summed E-state index contributed by atoms with van der Waals surface area (Å²) in [5.41, 5.74) is 5.48. The molecule has 33 heavy (non-hydrogen) atoms. The molecule has 4 aromatic rings. The minimum atomic E-state index is 0.0510. The molecule has 1 aromatic heterocycles. The quantitative estimate of drug-likeness (QED) is 0.382. The summed E-state index contributed by atoms with van der Waals surface area (Å²) < 4.78 is 8.27. The Balaban J connectivity index is 1.37. The van der Waals surface area contributed by atoms with E-state index in [1.165, 1.54) is 11.1 Å². The molecule has 168 valence electrons. The first-order valence-electron chi connectivity index (χ1n) is 11.7. The molecule has 1 atom stereocenters. The smallest absolute Gasteiger partial charge is 0.227 e. The van der Waals surface area contributed by atoms with Crippen molar-refractivity contribution in [2.24, 2.45) is 0 Å². The Morgan fingerprint density at radius 1 is 1.00 bits per heavy atom. The summed E-state index contributed by atoms with van der Waals surface area (Å²) in [7, 11) is 0. The Morgan fingerprint density at radius 2 is 1.76 bits per heavy atom. The Hall–Kier alpha value is -3.60. The molecular weight excluding hydrogens is 410 g/mol. The summed E-state index contributed by atoms with van der Waals surface area (Å²) in [4.78, 5) is 19.7. The fourth-order valence-corrected chi connectivity index (χ4v) is 4.57. The van der Waals surface area contributed by atoms with Gasteiger partial charge in [-0.15, -0.1) is 0 Å². The lowest BCUT2D eigenvalue weighted by Crippen LogP contribution is -2.24. The molecule has 1 fully saturated rings. The molecule has 0 N–H and O–H groups in total. The van der Waals surface area contributed by atoms with Gasteiger partial charge in [-0.2, -0.15) is 0 Å². The number of benzene rings is 3. The highest BCUT2D eigenvalue weighted by molar-refractivity contribution is 5.96. The van der Waals surface area contributed by atoms with E-state index in [0.717, 1.165) is 34.7 Å². The van der Waals surface area contributed by atoms with Crippen molar-refractivity contribution in [3.8, 4) is 5.75 Å². The Morgan fingerprint density at radius 3 is 2.52 bits per heavy atom. The van der Waals surface area contributed by atoms with Gasteiger partial charge in [-0.1, -0.05) is 48.9 Å². The second kappa shape index (κ2) is 9.10. The van der Waals surface area contributed by atoms with Gasteiger partial charge in [0.25, 0.3) is 0 Å². The largest absolute Gasteiger partial charge is 0.492 e. The predicted octanol–water partition coefficient (Wildman–Crippen LogP) is 5.51. The van der Waals surface area contributed by atoms with Gasteiger partial charge in [-0.25, -0.2) is 4.98 Å². The van der Waals surface area contributed by atoms with Crippen LogP contribution in [0.1, 0.15) is 36.2 Å². The van der Waals surface area contributed by atoms with Crippen molar-refractivity contribution in [2.75, 3.05) is 18.1 Å². The number of carbonyl (C=O) groups is 1. The van der Waals surface area contributed by atoms with Crippen LogP contribution in [0.4, 0.5) is 5.69 Å². The van der Waals surface area contributed by atoms with E-state index in [-0.39, 0.29) is 11.8 Å². The zero-order valence-electron chi connectivity index (χ0n) is 19.2. The normalized spacial score (nSPS) is 16.0. The van der Waals surface area contributed by atoms with Gasteiger partial charge in [0.05, 0.1) is 17.6 Å². The van der Waals surface area contributed by atoms with Gasteiger partial charge < -0.3 is 14.2 Å². The minimum absolute atomic E-state index is 0.0510. The van der Waals surface area contributed by atoms with Gasteiger partial charge in [0.15, 0.2) is 0 Å². The molecule has 0 spiro atoms. The average molecular weight is 440 g/mol. The van der Waals surface area contributed by atoms with Crippen molar-refractivity contribution in [2.45, 2.75) is 39.2 Å². The monoisotopic (exact) mass is 439 g/mol. The maximum Gasteiger partial charge on any atom is 0.227 e. The number of hydrogen-bond acceptors (Lipinski definition) is 3. The molecule has 5 heteroatoms. The number of fused-ring (bicyclic) bond motifs is 1. The molecule has 1 saturated heterocycles. The summed E-state index contributed by atoms with van der Waals surface area (Å²) in [6, 6.07) is 24.6. The zero-order valence-corrected chi connectivity index (χ0v) is 19.2. The number of imidazole rings is 1. The number of rotatable bonds is 7. The van der Waals surface area contributed by atoms with Gasteiger partial charge in [-0.3, -0.25) is 4.79 Å². The third-order valence-electron chi connectivity index (χ3n) is 6.44. The average Bonchev–Trinajstić information content (AvgIpc) is 3.41. The molecule has 5 nitrogen and oxygen atoms in total. The number of para-hydroxylation sites is 2. The first kappa shape index (κ1) is 21.3. The number of hydrogen-bond donors (Lipinski definition) is 0. The number of amides is 1. The van der Waals surface area contributed by atoms with E-state index < -0.39 is 0 Å². The fourth-order valence-electron chi connectivity index (χ4n) is 4.57. The Bertz CT molecular complexity index is 1260.